The minimum atomic E-state index is -1.12. The average Bonchev–Trinajstić information content (AvgIpc) is 1.31. The first kappa shape index (κ1) is 7.14. The summed E-state index contributed by atoms with van der Waals surface area (Å²) in [4.78, 5) is 0. The molecular weight excluding hydrogens is 104 g/mol. The summed E-state index contributed by atoms with van der Waals surface area (Å²) in [7, 11) is 0.799. The van der Waals surface area contributed by atoms with Crippen molar-refractivity contribution in [2.24, 2.45) is 5.84 Å². The second kappa shape index (κ2) is 1.94. The van der Waals surface area contributed by atoms with E-state index in [9.17, 15) is 0 Å². The van der Waals surface area contributed by atoms with Crippen molar-refractivity contribution in [1.82, 2.24) is 4.67 Å². The van der Waals surface area contributed by atoms with Gasteiger partial charge in [0, 0.05) is 0 Å². The molecule has 0 aliphatic heterocycles. The highest BCUT2D eigenvalue weighted by atomic mass is 28.3. The highest BCUT2D eigenvalue weighted by Crippen LogP contribution is 1.98. The van der Waals surface area contributed by atoms with Gasteiger partial charge in [-0.15, -0.1) is 0 Å². The lowest BCUT2D eigenvalue weighted by atomic mass is 11.5. The van der Waals surface area contributed by atoms with E-state index in [4.69, 9.17) is 5.84 Å². The molecule has 0 atom stereocenters. The SMILES string of the molecule is CN(N)[Si](C)(C)C. The Morgan fingerprint density at radius 1 is 1.29 bits per heavy atom. The molecule has 0 aromatic heterocycles. The van der Waals surface area contributed by atoms with Crippen LogP contribution in [0, 0.1) is 0 Å². The van der Waals surface area contributed by atoms with Gasteiger partial charge in [0.15, 0.2) is 0 Å². The number of nitrogens with zero attached hydrogens (tertiary/aromatic N) is 1. The van der Waals surface area contributed by atoms with Crippen LogP contribution in [0.1, 0.15) is 0 Å². The zero-order valence-electron chi connectivity index (χ0n) is 5.52. The van der Waals surface area contributed by atoms with Crippen molar-refractivity contribution >= 4 is 8.24 Å². The molecular formula is C4H14N2Si. The molecule has 0 heterocycles. The molecule has 0 saturated carbocycles. The molecule has 2 nitrogen and oxygen atoms in total. The summed E-state index contributed by atoms with van der Waals surface area (Å²) in [6.07, 6.45) is 0. The topological polar surface area (TPSA) is 29.3 Å². The first-order valence-electron chi connectivity index (χ1n) is 2.43. The van der Waals surface area contributed by atoms with Crippen molar-refractivity contribution in [2.75, 3.05) is 7.05 Å². The Balaban J connectivity index is 3.54. The van der Waals surface area contributed by atoms with E-state index in [1.165, 1.54) is 0 Å². The van der Waals surface area contributed by atoms with Crippen molar-refractivity contribution < 1.29 is 0 Å². The Labute approximate surface area is 46.4 Å². The van der Waals surface area contributed by atoms with Crippen molar-refractivity contribution in [3.05, 3.63) is 0 Å². The van der Waals surface area contributed by atoms with Crippen molar-refractivity contribution in [1.29, 1.82) is 0 Å². The fourth-order valence-corrected chi connectivity index (χ4v) is 0. The van der Waals surface area contributed by atoms with E-state index in [1.807, 2.05) is 11.7 Å². The van der Waals surface area contributed by atoms with Gasteiger partial charge in [-0.05, 0) is 7.05 Å². The summed E-state index contributed by atoms with van der Waals surface area (Å²) >= 11 is 0. The van der Waals surface area contributed by atoms with Crippen LogP contribution in [0.15, 0.2) is 0 Å². The van der Waals surface area contributed by atoms with Crippen LogP contribution in [0.5, 0.6) is 0 Å². The third-order valence-corrected chi connectivity index (χ3v) is 3.17. The Hall–Kier alpha value is 0.137. The lowest BCUT2D eigenvalue weighted by molar-refractivity contribution is 0.544. The first-order chi connectivity index (χ1) is 2.94. The summed E-state index contributed by atoms with van der Waals surface area (Å²) in [5.74, 6) is 5.46. The monoisotopic (exact) mass is 118 g/mol. The zero-order valence-corrected chi connectivity index (χ0v) is 6.52. The fourth-order valence-electron chi connectivity index (χ4n) is 0. The van der Waals surface area contributed by atoms with Gasteiger partial charge in [0.05, 0.1) is 0 Å². The summed E-state index contributed by atoms with van der Waals surface area (Å²) in [5, 5.41) is 0. The third kappa shape index (κ3) is 2.79. The van der Waals surface area contributed by atoms with E-state index < -0.39 is 8.24 Å². The summed E-state index contributed by atoms with van der Waals surface area (Å²) in [5.41, 5.74) is 0. The molecule has 0 bridgehead atoms. The molecule has 0 radical (unpaired) electrons. The second-order valence-corrected chi connectivity index (χ2v) is 7.83. The summed E-state index contributed by atoms with van der Waals surface area (Å²) in [6.45, 7) is 6.60. The number of nitrogens with two attached hydrogens (primary N) is 1. The predicted molar refractivity (Wildman–Crippen MR) is 35.3 cm³/mol. The van der Waals surface area contributed by atoms with Gasteiger partial charge in [0.2, 0.25) is 0 Å². The highest BCUT2D eigenvalue weighted by Gasteiger charge is 2.15. The van der Waals surface area contributed by atoms with Crippen molar-refractivity contribution in [3.8, 4) is 0 Å². The number of rotatable bonds is 1. The molecule has 0 aliphatic carbocycles. The van der Waals surface area contributed by atoms with Gasteiger partial charge in [-0.25, -0.2) is 0 Å². The molecule has 0 saturated heterocycles. The lowest BCUT2D eigenvalue weighted by Crippen LogP contribution is -2.47. The largest absolute Gasteiger partial charge is 0.276 e. The number of hydrogen-bond donors (Lipinski definition) is 1. The van der Waals surface area contributed by atoms with E-state index in [0.29, 0.717) is 0 Å². The molecule has 0 aromatic rings. The van der Waals surface area contributed by atoms with Crippen LogP contribution in [0.2, 0.25) is 19.6 Å². The standard InChI is InChI=1S/C4H14N2Si/c1-6(5)7(2,3)4/h5H2,1-4H3. The van der Waals surface area contributed by atoms with Gasteiger partial charge in [0.1, 0.15) is 8.24 Å². The average molecular weight is 118 g/mol. The van der Waals surface area contributed by atoms with Gasteiger partial charge < -0.3 is 0 Å². The molecule has 0 rings (SSSR count). The smallest absolute Gasteiger partial charge is 0.136 e. The molecule has 0 unspecified atom stereocenters. The molecule has 0 fully saturated rings. The molecule has 0 aliphatic rings. The summed E-state index contributed by atoms with van der Waals surface area (Å²) < 4.78 is 1.83. The van der Waals surface area contributed by atoms with Crippen LogP contribution in [0.3, 0.4) is 0 Å². The third-order valence-electron chi connectivity index (χ3n) is 1.06. The second-order valence-electron chi connectivity index (χ2n) is 2.78. The van der Waals surface area contributed by atoms with Crippen LogP contribution >= 0.6 is 0 Å². The van der Waals surface area contributed by atoms with Crippen LogP contribution < -0.4 is 5.84 Å². The van der Waals surface area contributed by atoms with Crippen molar-refractivity contribution in [3.63, 3.8) is 0 Å². The fraction of sp³-hybridized carbons (Fsp3) is 1.00. The van der Waals surface area contributed by atoms with Gasteiger partial charge in [-0.1, -0.05) is 19.6 Å². The Morgan fingerprint density at radius 3 is 1.43 bits per heavy atom. The summed E-state index contributed by atoms with van der Waals surface area (Å²) in [6, 6.07) is 0. The number of hydrogen-bond acceptors (Lipinski definition) is 2. The molecule has 0 amide bonds. The normalized spacial score (nSPS) is 12.9. The Morgan fingerprint density at radius 2 is 1.43 bits per heavy atom. The lowest BCUT2D eigenvalue weighted by Gasteiger charge is -2.23. The quantitative estimate of drug-likeness (QED) is 0.311. The molecule has 3 heteroatoms. The molecule has 7 heavy (non-hydrogen) atoms. The predicted octanol–water partition coefficient (Wildman–Crippen LogP) is 0.627. The van der Waals surface area contributed by atoms with Crippen LogP contribution in [-0.4, -0.2) is 20.0 Å². The van der Waals surface area contributed by atoms with Gasteiger partial charge in [-0.2, -0.15) is 0 Å². The van der Waals surface area contributed by atoms with E-state index >= 15 is 0 Å². The van der Waals surface area contributed by atoms with E-state index in [1.54, 1.807) is 0 Å². The van der Waals surface area contributed by atoms with E-state index in [-0.39, 0.29) is 0 Å². The van der Waals surface area contributed by atoms with Crippen molar-refractivity contribution in [2.45, 2.75) is 19.6 Å². The van der Waals surface area contributed by atoms with E-state index in [2.05, 4.69) is 19.6 Å². The van der Waals surface area contributed by atoms with Gasteiger partial charge >= 0.3 is 0 Å². The maximum atomic E-state index is 5.46. The number of hydrazine groups is 1. The Kier molecular flexibility index (Phi) is 1.98. The Bertz CT molecular complexity index is 55.2. The maximum Gasteiger partial charge on any atom is 0.136 e. The minimum Gasteiger partial charge on any atom is -0.276 e. The van der Waals surface area contributed by atoms with Crippen LogP contribution in [0.25, 0.3) is 0 Å². The van der Waals surface area contributed by atoms with E-state index in [0.717, 1.165) is 0 Å². The van der Waals surface area contributed by atoms with Crippen LogP contribution in [-0.2, 0) is 0 Å². The molecule has 0 spiro atoms. The van der Waals surface area contributed by atoms with Gasteiger partial charge in [-0.3, -0.25) is 10.5 Å². The first-order valence-corrected chi connectivity index (χ1v) is 5.88. The minimum absolute atomic E-state index is 1.12. The molecule has 44 valence electrons. The molecule has 2 N–H and O–H groups in total. The zero-order chi connectivity index (χ0) is 6.08. The highest BCUT2D eigenvalue weighted by molar-refractivity contribution is 6.73. The van der Waals surface area contributed by atoms with Gasteiger partial charge in [0.25, 0.3) is 0 Å². The van der Waals surface area contributed by atoms with Crippen LogP contribution in [0.4, 0.5) is 0 Å². The molecule has 0 aromatic carbocycles. The maximum absolute atomic E-state index is 5.46.